The van der Waals surface area contributed by atoms with Gasteiger partial charge in [0.25, 0.3) is 0 Å². The van der Waals surface area contributed by atoms with Gasteiger partial charge in [0.15, 0.2) is 0 Å². The van der Waals surface area contributed by atoms with Crippen LogP contribution in [0.5, 0.6) is 0 Å². The summed E-state index contributed by atoms with van der Waals surface area (Å²) in [5.74, 6) is 0. The standard InChI is InChI=1S/C14H27NO/c1-5-12(2)11-13(16)14(15(3)4)9-7-6-8-10-14/h13,16H,2,5-11H2,1,3-4H3. The van der Waals surface area contributed by atoms with Crippen molar-refractivity contribution in [3.8, 4) is 0 Å². The van der Waals surface area contributed by atoms with Gasteiger partial charge in [-0.2, -0.15) is 0 Å². The van der Waals surface area contributed by atoms with Gasteiger partial charge >= 0.3 is 0 Å². The maximum Gasteiger partial charge on any atom is 0.0760 e. The lowest BCUT2D eigenvalue weighted by Crippen LogP contribution is -2.54. The summed E-state index contributed by atoms with van der Waals surface area (Å²) in [7, 11) is 4.20. The average molecular weight is 225 g/mol. The number of aliphatic hydroxyl groups excluding tert-OH is 1. The first-order valence-corrected chi connectivity index (χ1v) is 6.55. The molecule has 0 heterocycles. The molecule has 1 saturated carbocycles. The molecule has 1 aliphatic rings. The first-order chi connectivity index (χ1) is 7.53. The van der Waals surface area contributed by atoms with Crippen molar-refractivity contribution in [1.82, 2.24) is 4.90 Å². The van der Waals surface area contributed by atoms with Crippen molar-refractivity contribution in [2.24, 2.45) is 0 Å². The van der Waals surface area contributed by atoms with Crippen LogP contribution in [0.2, 0.25) is 0 Å². The quantitative estimate of drug-likeness (QED) is 0.727. The molecule has 94 valence electrons. The Morgan fingerprint density at radius 3 is 2.31 bits per heavy atom. The minimum atomic E-state index is -0.254. The molecule has 1 atom stereocenters. The minimum absolute atomic E-state index is 0.00361. The van der Waals surface area contributed by atoms with Crippen LogP contribution in [0.3, 0.4) is 0 Å². The van der Waals surface area contributed by atoms with Crippen LogP contribution in [0, 0.1) is 0 Å². The third-order valence-corrected chi connectivity index (χ3v) is 4.21. The molecule has 2 nitrogen and oxygen atoms in total. The summed E-state index contributed by atoms with van der Waals surface area (Å²) in [5, 5.41) is 10.5. The van der Waals surface area contributed by atoms with Gasteiger partial charge in [-0.25, -0.2) is 0 Å². The fourth-order valence-electron chi connectivity index (χ4n) is 2.85. The summed E-state index contributed by atoms with van der Waals surface area (Å²) >= 11 is 0. The second kappa shape index (κ2) is 5.83. The van der Waals surface area contributed by atoms with Crippen LogP contribution in [-0.2, 0) is 0 Å². The fourth-order valence-corrected chi connectivity index (χ4v) is 2.85. The highest BCUT2D eigenvalue weighted by molar-refractivity contribution is 5.04. The Hall–Kier alpha value is -0.340. The number of hydrogen-bond donors (Lipinski definition) is 1. The van der Waals surface area contributed by atoms with Crippen molar-refractivity contribution in [3.63, 3.8) is 0 Å². The summed E-state index contributed by atoms with van der Waals surface area (Å²) in [6.45, 7) is 6.13. The Morgan fingerprint density at radius 2 is 1.88 bits per heavy atom. The Labute approximate surface area is 100 Å². The average Bonchev–Trinajstić information content (AvgIpc) is 2.29. The number of hydrogen-bond acceptors (Lipinski definition) is 2. The zero-order chi connectivity index (χ0) is 12.2. The minimum Gasteiger partial charge on any atom is -0.391 e. The number of rotatable bonds is 5. The fraction of sp³-hybridized carbons (Fsp3) is 0.857. The zero-order valence-electron chi connectivity index (χ0n) is 11.1. The summed E-state index contributed by atoms with van der Waals surface area (Å²) in [4.78, 5) is 2.24. The van der Waals surface area contributed by atoms with E-state index >= 15 is 0 Å². The van der Waals surface area contributed by atoms with Crippen LogP contribution in [0.25, 0.3) is 0 Å². The van der Waals surface area contributed by atoms with Crippen LogP contribution < -0.4 is 0 Å². The van der Waals surface area contributed by atoms with Gasteiger partial charge in [0.2, 0.25) is 0 Å². The lowest BCUT2D eigenvalue weighted by atomic mass is 9.75. The number of likely N-dealkylation sites (N-methyl/N-ethyl adjacent to an activating group) is 1. The van der Waals surface area contributed by atoms with Gasteiger partial charge in [0.1, 0.15) is 0 Å². The van der Waals surface area contributed by atoms with Crippen molar-refractivity contribution in [2.45, 2.75) is 63.5 Å². The van der Waals surface area contributed by atoms with Gasteiger partial charge in [0, 0.05) is 5.54 Å². The van der Waals surface area contributed by atoms with E-state index in [1.54, 1.807) is 0 Å². The van der Waals surface area contributed by atoms with Crippen LogP contribution in [0.4, 0.5) is 0 Å². The van der Waals surface area contributed by atoms with E-state index in [2.05, 4.69) is 32.5 Å². The molecule has 1 rings (SSSR count). The molecular weight excluding hydrogens is 198 g/mol. The molecule has 0 spiro atoms. The van der Waals surface area contributed by atoms with Gasteiger partial charge < -0.3 is 10.0 Å². The highest BCUT2D eigenvalue weighted by Gasteiger charge is 2.40. The predicted octanol–water partition coefficient (Wildman–Crippen LogP) is 2.97. The molecule has 0 aromatic carbocycles. The molecule has 0 aromatic heterocycles. The molecule has 0 aromatic rings. The number of nitrogens with zero attached hydrogens (tertiary/aromatic N) is 1. The maximum atomic E-state index is 10.5. The van der Waals surface area contributed by atoms with E-state index in [0.717, 1.165) is 25.7 Å². The van der Waals surface area contributed by atoms with Crippen LogP contribution in [-0.4, -0.2) is 35.7 Å². The van der Waals surface area contributed by atoms with Crippen molar-refractivity contribution < 1.29 is 5.11 Å². The van der Waals surface area contributed by atoms with Crippen molar-refractivity contribution in [2.75, 3.05) is 14.1 Å². The predicted molar refractivity (Wildman–Crippen MR) is 69.6 cm³/mol. The molecule has 0 bridgehead atoms. The SMILES string of the molecule is C=C(CC)CC(O)C1(N(C)C)CCCCC1. The van der Waals surface area contributed by atoms with Crippen LogP contribution in [0.1, 0.15) is 51.9 Å². The Bertz CT molecular complexity index is 229. The molecule has 0 amide bonds. The van der Waals surface area contributed by atoms with E-state index in [9.17, 15) is 5.11 Å². The van der Waals surface area contributed by atoms with E-state index in [0.29, 0.717) is 0 Å². The second-order valence-corrected chi connectivity index (χ2v) is 5.38. The van der Waals surface area contributed by atoms with Gasteiger partial charge in [-0.15, -0.1) is 0 Å². The summed E-state index contributed by atoms with van der Waals surface area (Å²) < 4.78 is 0. The molecule has 1 unspecified atom stereocenters. The summed E-state index contributed by atoms with van der Waals surface area (Å²) in [5.41, 5.74) is 1.16. The van der Waals surface area contributed by atoms with E-state index < -0.39 is 0 Å². The second-order valence-electron chi connectivity index (χ2n) is 5.38. The van der Waals surface area contributed by atoms with Crippen molar-refractivity contribution in [1.29, 1.82) is 0 Å². The molecule has 0 saturated heterocycles. The Kier molecular flexibility index (Phi) is 5.00. The molecule has 0 aliphatic heterocycles. The van der Waals surface area contributed by atoms with Crippen molar-refractivity contribution in [3.05, 3.63) is 12.2 Å². The van der Waals surface area contributed by atoms with E-state index in [-0.39, 0.29) is 11.6 Å². The molecular formula is C14H27NO. The monoisotopic (exact) mass is 225 g/mol. The normalized spacial score (nSPS) is 22.1. The van der Waals surface area contributed by atoms with E-state index in [1.165, 1.54) is 24.8 Å². The van der Waals surface area contributed by atoms with Gasteiger partial charge in [-0.3, -0.25) is 0 Å². The Balaban J connectivity index is 2.72. The largest absolute Gasteiger partial charge is 0.391 e. The third-order valence-electron chi connectivity index (χ3n) is 4.21. The summed E-state index contributed by atoms with van der Waals surface area (Å²) in [6.07, 6.45) is 7.53. The van der Waals surface area contributed by atoms with Gasteiger partial charge in [-0.1, -0.05) is 38.3 Å². The topological polar surface area (TPSA) is 23.5 Å². The zero-order valence-corrected chi connectivity index (χ0v) is 11.1. The first-order valence-electron chi connectivity index (χ1n) is 6.55. The lowest BCUT2D eigenvalue weighted by Gasteiger charge is -2.46. The lowest BCUT2D eigenvalue weighted by molar-refractivity contribution is -0.0311. The smallest absolute Gasteiger partial charge is 0.0760 e. The van der Waals surface area contributed by atoms with Gasteiger partial charge in [0.05, 0.1) is 6.10 Å². The molecule has 0 radical (unpaired) electrons. The van der Waals surface area contributed by atoms with Crippen LogP contribution in [0.15, 0.2) is 12.2 Å². The molecule has 1 N–H and O–H groups in total. The highest BCUT2D eigenvalue weighted by atomic mass is 16.3. The van der Waals surface area contributed by atoms with E-state index in [1.807, 2.05) is 0 Å². The maximum absolute atomic E-state index is 10.5. The molecule has 16 heavy (non-hydrogen) atoms. The van der Waals surface area contributed by atoms with Crippen LogP contribution >= 0.6 is 0 Å². The molecule has 1 fully saturated rings. The Morgan fingerprint density at radius 1 is 1.31 bits per heavy atom. The van der Waals surface area contributed by atoms with Crippen molar-refractivity contribution >= 4 is 0 Å². The van der Waals surface area contributed by atoms with Gasteiger partial charge in [-0.05, 0) is 39.8 Å². The highest BCUT2D eigenvalue weighted by Crippen LogP contribution is 2.37. The number of aliphatic hydroxyl groups is 1. The molecule has 1 aliphatic carbocycles. The van der Waals surface area contributed by atoms with E-state index in [4.69, 9.17) is 0 Å². The third kappa shape index (κ3) is 2.86. The molecule has 2 heteroatoms. The summed E-state index contributed by atoms with van der Waals surface area (Å²) in [6, 6.07) is 0. The first kappa shape index (κ1) is 13.7.